The highest BCUT2D eigenvalue weighted by atomic mass is 16.2. The summed E-state index contributed by atoms with van der Waals surface area (Å²) in [5, 5.41) is 0. The monoisotopic (exact) mass is 338 g/mol. The summed E-state index contributed by atoms with van der Waals surface area (Å²) in [5.41, 5.74) is 1.58. The number of imidazole rings is 1. The van der Waals surface area contributed by atoms with Gasteiger partial charge < -0.3 is 14.4 Å². The van der Waals surface area contributed by atoms with Crippen LogP contribution in [0, 0.1) is 5.92 Å². The summed E-state index contributed by atoms with van der Waals surface area (Å²) < 4.78 is 1.85. The zero-order valence-corrected chi connectivity index (χ0v) is 14.6. The third-order valence-corrected chi connectivity index (χ3v) is 5.58. The van der Waals surface area contributed by atoms with Gasteiger partial charge in [0.2, 0.25) is 5.91 Å². The first-order chi connectivity index (χ1) is 12.1. The highest BCUT2D eigenvalue weighted by Crippen LogP contribution is 2.32. The molecule has 2 aromatic rings. The number of fused-ring (bicyclic) bond motifs is 1. The Balaban J connectivity index is 1.56. The minimum absolute atomic E-state index is 0.0108. The average Bonchev–Trinajstić information content (AvgIpc) is 3.15. The molecule has 0 spiro atoms. The normalized spacial score (nSPS) is 23.0. The van der Waals surface area contributed by atoms with Gasteiger partial charge in [0.1, 0.15) is 11.5 Å². The van der Waals surface area contributed by atoms with Crippen molar-refractivity contribution in [2.24, 2.45) is 13.0 Å². The quantitative estimate of drug-likeness (QED) is 0.839. The van der Waals surface area contributed by atoms with Crippen molar-refractivity contribution in [3.8, 4) is 11.4 Å². The molecule has 2 atom stereocenters. The maximum Gasteiger partial charge on any atom is 0.272 e. The Bertz CT molecular complexity index is 814. The highest BCUT2D eigenvalue weighted by molar-refractivity contribution is 5.93. The van der Waals surface area contributed by atoms with Crippen LogP contribution in [0.25, 0.3) is 11.4 Å². The van der Waals surface area contributed by atoms with E-state index < -0.39 is 0 Å². The smallest absolute Gasteiger partial charge is 0.272 e. The van der Waals surface area contributed by atoms with Crippen LogP contribution in [-0.2, 0) is 11.8 Å². The second-order valence-corrected chi connectivity index (χ2v) is 6.97. The Labute approximate surface area is 147 Å². The van der Waals surface area contributed by atoms with E-state index in [1.807, 2.05) is 58.8 Å². The van der Waals surface area contributed by atoms with Gasteiger partial charge >= 0.3 is 0 Å². The molecule has 1 aromatic heterocycles. The third kappa shape index (κ3) is 2.62. The van der Waals surface area contributed by atoms with E-state index in [-0.39, 0.29) is 17.9 Å². The van der Waals surface area contributed by atoms with Gasteiger partial charge in [-0.3, -0.25) is 9.59 Å². The number of likely N-dealkylation sites (tertiary alicyclic amines) is 2. The fourth-order valence-corrected chi connectivity index (χ4v) is 4.02. The fraction of sp³-hybridized carbons (Fsp3) is 0.421. The van der Waals surface area contributed by atoms with Gasteiger partial charge in [0, 0.05) is 39.2 Å². The minimum atomic E-state index is -0.0108. The van der Waals surface area contributed by atoms with Crippen LogP contribution in [0.3, 0.4) is 0 Å². The van der Waals surface area contributed by atoms with Crippen LogP contribution in [0.1, 0.15) is 23.3 Å². The molecule has 2 saturated heterocycles. The van der Waals surface area contributed by atoms with Crippen LogP contribution >= 0.6 is 0 Å². The molecule has 0 radical (unpaired) electrons. The lowest BCUT2D eigenvalue weighted by atomic mass is 9.92. The Morgan fingerprint density at radius 2 is 1.96 bits per heavy atom. The summed E-state index contributed by atoms with van der Waals surface area (Å²) in [7, 11) is 3.72. The van der Waals surface area contributed by atoms with Gasteiger partial charge in [0.25, 0.3) is 5.91 Å². The van der Waals surface area contributed by atoms with E-state index in [2.05, 4.69) is 4.98 Å². The summed E-state index contributed by atoms with van der Waals surface area (Å²) in [6.07, 6.45) is 3.16. The van der Waals surface area contributed by atoms with Crippen molar-refractivity contribution in [2.75, 3.05) is 20.1 Å². The number of likely N-dealkylation sites (N-methyl/N-ethyl adjacent to an activating group) is 1. The van der Waals surface area contributed by atoms with Crippen molar-refractivity contribution in [1.82, 2.24) is 19.4 Å². The average molecular weight is 338 g/mol. The first-order valence-corrected chi connectivity index (χ1v) is 8.68. The number of carbonyl (C=O) groups is 2. The molecular formula is C19H22N4O2. The van der Waals surface area contributed by atoms with Crippen LogP contribution in [0.5, 0.6) is 0 Å². The van der Waals surface area contributed by atoms with Crippen molar-refractivity contribution >= 4 is 11.8 Å². The maximum absolute atomic E-state index is 13.0. The second kappa shape index (κ2) is 6.02. The molecular weight excluding hydrogens is 316 g/mol. The van der Waals surface area contributed by atoms with E-state index in [1.165, 1.54) is 0 Å². The standard InChI is InChI=1S/C19H22N4O2/c1-21-16-12-23(9-8-14(16)10-17(21)24)19(25)15-11-20-18(22(15)2)13-6-4-3-5-7-13/h3-7,11,14,16H,8-10,12H2,1-2H3/t14-,16-/m1/s1. The number of carbonyl (C=O) groups excluding carboxylic acids is 2. The first kappa shape index (κ1) is 15.9. The van der Waals surface area contributed by atoms with Crippen molar-refractivity contribution in [1.29, 1.82) is 0 Å². The molecule has 4 rings (SSSR count). The van der Waals surface area contributed by atoms with Gasteiger partial charge in [-0.15, -0.1) is 0 Å². The summed E-state index contributed by atoms with van der Waals surface area (Å²) in [4.78, 5) is 33.0. The Morgan fingerprint density at radius 1 is 1.20 bits per heavy atom. The Hall–Kier alpha value is -2.63. The number of amides is 2. The van der Waals surface area contributed by atoms with E-state index in [0.717, 1.165) is 17.8 Å². The molecule has 6 nitrogen and oxygen atoms in total. The number of rotatable bonds is 2. The van der Waals surface area contributed by atoms with E-state index in [9.17, 15) is 9.59 Å². The van der Waals surface area contributed by atoms with E-state index in [1.54, 1.807) is 6.20 Å². The van der Waals surface area contributed by atoms with Gasteiger partial charge in [-0.1, -0.05) is 30.3 Å². The second-order valence-electron chi connectivity index (χ2n) is 6.97. The van der Waals surface area contributed by atoms with E-state index in [4.69, 9.17) is 0 Å². The molecule has 0 unspecified atom stereocenters. The zero-order valence-electron chi connectivity index (χ0n) is 14.6. The molecule has 2 fully saturated rings. The van der Waals surface area contributed by atoms with E-state index in [0.29, 0.717) is 31.1 Å². The van der Waals surface area contributed by atoms with Crippen molar-refractivity contribution in [3.63, 3.8) is 0 Å². The lowest BCUT2D eigenvalue weighted by molar-refractivity contribution is -0.127. The third-order valence-electron chi connectivity index (χ3n) is 5.58. The first-order valence-electron chi connectivity index (χ1n) is 8.68. The molecule has 1 aromatic carbocycles. The van der Waals surface area contributed by atoms with Gasteiger partial charge in [-0.2, -0.15) is 0 Å². The summed E-state index contributed by atoms with van der Waals surface area (Å²) in [5.74, 6) is 1.35. The lowest BCUT2D eigenvalue weighted by Gasteiger charge is -2.37. The van der Waals surface area contributed by atoms with E-state index >= 15 is 0 Å². The lowest BCUT2D eigenvalue weighted by Crippen LogP contribution is -2.49. The maximum atomic E-state index is 13.0. The predicted molar refractivity (Wildman–Crippen MR) is 93.8 cm³/mol. The number of hydrogen-bond acceptors (Lipinski definition) is 3. The van der Waals surface area contributed by atoms with Gasteiger partial charge in [-0.05, 0) is 12.3 Å². The Kier molecular flexibility index (Phi) is 3.82. The molecule has 25 heavy (non-hydrogen) atoms. The van der Waals surface area contributed by atoms with Gasteiger partial charge in [0.15, 0.2) is 0 Å². The topological polar surface area (TPSA) is 58.4 Å². The number of hydrogen-bond donors (Lipinski definition) is 0. The van der Waals surface area contributed by atoms with Crippen molar-refractivity contribution in [3.05, 3.63) is 42.2 Å². The molecule has 3 heterocycles. The van der Waals surface area contributed by atoms with Gasteiger partial charge in [-0.25, -0.2) is 4.98 Å². The molecule has 2 aliphatic rings. The molecule has 130 valence electrons. The van der Waals surface area contributed by atoms with Crippen LogP contribution in [0.15, 0.2) is 36.5 Å². The molecule has 2 aliphatic heterocycles. The number of benzene rings is 1. The van der Waals surface area contributed by atoms with Crippen LogP contribution < -0.4 is 0 Å². The summed E-state index contributed by atoms with van der Waals surface area (Å²) in [6, 6.07) is 10.0. The predicted octanol–water partition coefficient (Wildman–Crippen LogP) is 1.78. The SMILES string of the molecule is CN1C(=O)C[C@H]2CCN(C(=O)c3cnc(-c4ccccc4)n3C)C[C@H]21. The van der Waals surface area contributed by atoms with Crippen molar-refractivity contribution in [2.45, 2.75) is 18.9 Å². The molecule has 0 aliphatic carbocycles. The van der Waals surface area contributed by atoms with Crippen molar-refractivity contribution < 1.29 is 9.59 Å². The minimum Gasteiger partial charge on any atom is -0.341 e. The number of aromatic nitrogens is 2. The molecule has 0 N–H and O–H groups in total. The number of nitrogens with zero attached hydrogens (tertiary/aromatic N) is 4. The molecule has 6 heteroatoms. The van der Waals surface area contributed by atoms with Gasteiger partial charge in [0.05, 0.1) is 12.2 Å². The molecule has 0 bridgehead atoms. The molecule has 2 amide bonds. The molecule has 0 saturated carbocycles. The van der Waals surface area contributed by atoms with Crippen LogP contribution in [-0.4, -0.2) is 57.3 Å². The largest absolute Gasteiger partial charge is 0.341 e. The van der Waals surface area contributed by atoms with Crippen LogP contribution in [0.4, 0.5) is 0 Å². The summed E-state index contributed by atoms with van der Waals surface area (Å²) >= 11 is 0. The fourth-order valence-electron chi connectivity index (χ4n) is 4.02. The summed E-state index contributed by atoms with van der Waals surface area (Å²) in [6.45, 7) is 1.31. The zero-order chi connectivity index (χ0) is 17.6. The number of piperidine rings is 1. The highest BCUT2D eigenvalue weighted by Gasteiger charge is 2.42. The van der Waals surface area contributed by atoms with Crippen LogP contribution in [0.2, 0.25) is 0 Å². The Morgan fingerprint density at radius 3 is 2.72 bits per heavy atom.